The first-order valence-corrected chi connectivity index (χ1v) is 6.27. The predicted octanol–water partition coefficient (Wildman–Crippen LogP) is 3.08. The van der Waals surface area contributed by atoms with Gasteiger partial charge in [-0.15, -0.1) is 0 Å². The van der Waals surface area contributed by atoms with Crippen molar-refractivity contribution in [3.8, 4) is 0 Å². The first-order valence-electron chi connectivity index (χ1n) is 5.51. The van der Waals surface area contributed by atoms with Gasteiger partial charge in [-0.05, 0) is 31.2 Å². The Morgan fingerprint density at radius 1 is 1.31 bits per heavy atom. The summed E-state index contributed by atoms with van der Waals surface area (Å²) in [6.07, 6.45) is 0. The zero-order valence-corrected chi connectivity index (χ0v) is 11.2. The molecule has 0 saturated heterocycles. The second kappa shape index (κ2) is 7.13. The maximum absolute atomic E-state index is 6.08. The molecule has 0 spiro atoms. The number of rotatable bonds is 6. The van der Waals surface area contributed by atoms with Crippen LogP contribution in [-0.4, -0.2) is 19.1 Å². The van der Waals surface area contributed by atoms with Gasteiger partial charge in [-0.25, -0.2) is 0 Å². The number of halogens is 2. The third kappa shape index (κ3) is 4.71. The lowest BCUT2D eigenvalue weighted by Gasteiger charge is -2.14. The summed E-state index contributed by atoms with van der Waals surface area (Å²) in [5, 5.41) is 8.09. The van der Waals surface area contributed by atoms with Gasteiger partial charge >= 0.3 is 0 Å². The second-order valence-corrected chi connectivity index (χ2v) is 4.67. The molecule has 1 aromatic rings. The molecule has 1 unspecified atom stereocenters. The van der Waals surface area contributed by atoms with Crippen molar-refractivity contribution in [3.05, 3.63) is 33.8 Å². The monoisotopic (exact) mass is 260 g/mol. The highest BCUT2D eigenvalue weighted by atomic mass is 35.5. The first-order chi connectivity index (χ1) is 7.63. The third-order valence-corrected chi connectivity index (χ3v) is 2.94. The minimum Gasteiger partial charge on any atom is -0.315 e. The molecule has 90 valence electrons. The summed E-state index contributed by atoms with van der Waals surface area (Å²) < 4.78 is 0. The van der Waals surface area contributed by atoms with Crippen LogP contribution < -0.4 is 10.6 Å². The van der Waals surface area contributed by atoms with Crippen LogP contribution >= 0.6 is 23.2 Å². The molecule has 2 nitrogen and oxygen atoms in total. The Balaban J connectivity index is 2.42. The summed E-state index contributed by atoms with van der Waals surface area (Å²) >= 11 is 11.9. The van der Waals surface area contributed by atoms with Gasteiger partial charge in [0.15, 0.2) is 0 Å². The van der Waals surface area contributed by atoms with E-state index >= 15 is 0 Å². The van der Waals surface area contributed by atoms with E-state index < -0.39 is 0 Å². The Hall–Kier alpha value is -0.280. The van der Waals surface area contributed by atoms with Crippen molar-refractivity contribution in [2.75, 3.05) is 13.1 Å². The van der Waals surface area contributed by atoms with E-state index in [0.717, 1.165) is 30.2 Å². The molecule has 0 aliphatic rings. The van der Waals surface area contributed by atoms with Crippen LogP contribution in [0.3, 0.4) is 0 Å². The lowest BCUT2D eigenvalue weighted by Crippen LogP contribution is -2.35. The molecule has 1 atom stereocenters. The Labute approximate surface area is 107 Å². The van der Waals surface area contributed by atoms with E-state index in [0.29, 0.717) is 11.1 Å². The molecule has 0 heterocycles. The van der Waals surface area contributed by atoms with Crippen molar-refractivity contribution in [2.45, 2.75) is 26.4 Å². The Kier molecular flexibility index (Phi) is 6.14. The highest BCUT2D eigenvalue weighted by Gasteiger charge is 2.04. The van der Waals surface area contributed by atoms with Crippen LogP contribution in [0.5, 0.6) is 0 Å². The fraction of sp³-hybridized carbons (Fsp3) is 0.500. The van der Waals surface area contributed by atoms with E-state index in [4.69, 9.17) is 23.2 Å². The van der Waals surface area contributed by atoms with Crippen LogP contribution in [0, 0.1) is 0 Å². The summed E-state index contributed by atoms with van der Waals surface area (Å²) in [7, 11) is 0. The molecule has 0 aromatic heterocycles. The van der Waals surface area contributed by atoms with E-state index in [1.54, 1.807) is 6.07 Å². The topological polar surface area (TPSA) is 24.1 Å². The number of hydrogen-bond acceptors (Lipinski definition) is 2. The smallest absolute Gasteiger partial charge is 0.0465 e. The third-order valence-electron chi connectivity index (χ3n) is 2.36. The van der Waals surface area contributed by atoms with E-state index in [1.165, 1.54) is 0 Å². The number of hydrogen-bond donors (Lipinski definition) is 2. The second-order valence-electron chi connectivity index (χ2n) is 3.83. The van der Waals surface area contributed by atoms with E-state index in [2.05, 4.69) is 24.5 Å². The van der Waals surface area contributed by atoms with Gasteiger partial charge in [0.1, 0.15) is 0 Å². The summed E-state index contributed by atoms with van der Waals surface area (Å²) in [6, 6.07) is 6.01. The van der Waals surface area contributed by atoms with E-state index in [-0.39, 0.29) is 0 Å². The summed E-state index contributed by atoms with van der Waals surface area (Å²) in [5.74, 6) is 0. The summed E-state index contributed by atoms with van der Waals surface area (Å²) in [6.45, 7) is 6.97. The van der Waals surface area contributed by atoms with Crippen LogP contribution in [0.4, 0.5) is 0 Å². The maximum Gasteiger partial charge on any atom is 0.0465 e. The lowest BCUT2D eigenvalue weighted by atomic mass is 10.2. The van der Waals surface area contributed by atoms with Gasteiger partial charge in [0.05, 0.1) is 0 Å². The Bertz CT molecular complexity index is 329. The fourth-order valence-electron chi connectivity index (χ4n) is 1.38. The van der Waals surface area contributed by atoms with Crippen molar-refractivity contribution >= 4 is 23.2 Å². The molecule has 0 radical (unpaired) electrons. The van der Waals surface area contributed by atoms with Crippen molar-refractivity contribution in [1.82, 2.24) is 10.6 Å². The largest absolute Gasteiger partial charge is 0.315 e. The minimum absolute atomic E-state index is 0.423. The molecule has 0 amide bonds. The molecule has 16 heavy (non-hydrogen) atoms. The van der Waals surface area contributed by atoms with E-state index in [9.17, 15) is 0 Å². The molecule has 0 aliphatic heterocycles. The Morgan fingerprint density at radius 3 is 2.69 bits per heavy atom. The zero-order chi connectivity index (χ0) is 12.0. The Morgan fingerprint density at radius 2 is 2.06 bits per heavy atom. The van der Waals surface area contributed by atoms with Gasteiger partial charge in [-0.2, -0.15) is 0 Å². The van der Waals surface area contributed by atoms with Gasteiger partial charge in [-0.1, -0.05) is 36.2 Å². The van der Waals surface area contributed by atoms with Gasteiger partial charge in [0.2, 0.25) is 0 Å². The summed E-state index contributed by atoms with van der Waals surface area (Å²) in [4.78, 5) is 0. The normalized spacial score (nSPS) is 12.8. The van der Waals surface area contributed by atoms with Crippen LogP contribution in [0.1, 0.15) is 19.4 Å². The molecular formula is C12H18Cl2N2. The number of benzene rings is 1. The lowest BCUT2D eigenvalue weighted by molar-refractivity contribution is 0.509. The minimum atomic E-state index is 0.423. The molecule has 2 N–H and O–H groups in total. The zero-order valence-electron chi connectivity index (χ0n) is 9.69. The van der Waals surface area contributed by atoms with Crippen molar-refractivity contribution in [2.24, 2.45) is 0 Å². The maximum atomic E-state index is 6.08. The van der Waals surface area contributed by atoms with Crippen LogP contribution in [-0.2, 0) is 6.54 Å². The molecule has 0 bridgehead atoms. The molecule has 1 aromatic carbocycles. The van der Waals surface area contributed by atoms with Crippen molar-refractivity contribution in [1.29, 1.82) is 0 Å². The van der Waals surface area contributed by atoms with Crippen molar-refractivity contribution in [3.63, 3.8) is 0 Å². The average molecular weight is 261 g/mol. The quantitative estimate of drug-likeness (QED) is 0.822. The highest BCUT2D eigenvalue weighted by Crippen LogP contribution is 2.20. The van der Waals surface area contributed by atoms with Gasteiger partial charge in [0.25, 0.3) is 0 Å². The SMILES string of the molecule is CCNCC(C)NCc1ccc(Cl)cc1Cl. The molecule has 1 rings (SSSR count). The first kappa shape index (κ1) is 13.8. The predicted molar refractivity (Wildman–Crippen MR) is 71.3 cm³/mol. The standard InChI is InChI=1S/C12H18Cl2N2/c1-3-15-7-9(2)16-8-10-4-5-11(13)6-12(10)14/h4-6,9,15-16H,3,7-8H2,1-2H3. The van der Waals surface area contributed by atoms with Crippen molar-refractivity contribution < 1.29 is 0 Å². The van der Waals surface area contributed by atoms with E-state index in [1.807, 2.05) is 12.1 Å². The molecule has 0 aliphatic carbocycles. The van der Waals surface area contributed by atoms with Gasteiger partial charge < -0.3 is 10.6 Å². The molecular weight excluding hydrogens is 243 g/mol. The van der Waals surface area contributed by atoms with Crippen LogP contribution in [0.15, 0.2) is 18.2 Å². The molecule has 0 fully saturated rings. The molecule has 4 heteroatoms. The summed E-state index contributed by atoms with van der Waals surface area (Å²) in [5.41, 5.74) is 1.08. The van der Waals surface area contributed by atoms with Crippen LogP contribution in [0.25, 0.3) is 0 Å². The molecule has 0 saturated carbocycles. The average Bonchev–Trinajstić information content (AvgIpc) is 2.25. The van der Waals surface area contributed by atoms with Crippen LogP contribution in [0.2, 0.25) is 10.0 Å². The van der Waals surface area contributed by atoms with Gasteiger partial charge in [-0.3, -0.25) is 0 Å². The van der Waals surface area contributed by atoms with Gasteiger partial charge in [0, 0.05) is 29.2 Å². The number of likely N-dealkylation sites (N-methyl/N-ethyl adjacent to an activating group) is 1. The highest BCUT2D eigenvalue weighted by molar-refractivity contribution is 6.35. The number of nitrogens with one attached hydrogen (secondary N) is 2. The fourth-order valence-corrected chi connectivity index (χ4v) is 1.86.